The minimum absolute atomic E-state index is 0.171. The Labute approximate surface area is 147 Å². The van der Waals surface area contributed by atoms with E-state index in [0.717, 1.165) is 18.7 Å². The van der Waals surface area contributed by atoms with Crippen molar-refractivity contribution in [2.24, 2.45) is 0 Å². The summed E-state index contributed by atoms with van der Waals surface area (Å²) >= 11 is 2.23. The molecule has 0 aliphatic rings. The molecule has 2 unspecified atom stereocenters. The SMILES string of the molecule is CC(NCCOPI)c1ccccc1.Cc1ccc(F)cc1. The fourth-order valence-corrected chi connectivity index (χ4v) is 2.60. The van der Waals surface area contributed by atoms with Crippen LogP contribution in [0.25, 0.3) is 0 Å². The lowest BCUT2D eigenvalue weighted by molar-refractivity contribution is 0.353. The standard InChI is InChI=1S/C10H15INOP.C7H7F/c1-9(12-7-8-13-14-11)10-5-3-2-4-6-10;1-6-2-4-7(8)5-3-6/h2-6,9,12,14H,7-8H2,1H3;2-5H,1H3. The molecule has 0 fully saturated rings. The van der Waals surface area contributed by atoms with Gasteiger partial charge < -0.3 is 9.84 Å². The molecule has 0 heterocycles. The summed E-state index contributed by atoms with van der Waals surface area (Å²) in [4.78, 5) is 0. The second-order valence-electron chi connectivity index (χ2n) is 4.81. The molecule has 2 aromatic carbocycles. The molecule has 2 atom stereocenters. The Kier molecular flexibility index (Phi) is 10.6. The van der Waals surface area contributed by atoms with Gasteiger partial charge in [-0.15, -0.1) is 0 Å². The van der Waals surface area contributed by atoms with E-state index in [4.69, 9.17) is 4.52 Å². The van der Waals surface area contributed by atoms with E-state index in [2.05, 4.69) is 58.5 Å². The molecule has 0 aliphatic heterocycles. The Morgan fingerprint density at radius 2 is 1.77 bits per heavy atom. The van der Waals surface area contributed by atoms with Crippen molar-refractivity contribution in [2.45, 2.75) is 19.9 Å². The zero-order valence-electron chi connectivity index (χ0n) is 12.9. The number of hydrogen-bond donors (Lipinski definition) is 1. The van der Waals surface area contributed by atoms with Crippen LogP contribution in [0.3, 0.4) is 0 Å². The molecule has 2 rings (SSSR count). The number of aryl methyl sites for hydroxylation is 1. The molecule has 120 valence electrons. The van der Waals surface area contributed by atoms with Gasteiger partial charge in [0.25, 0.3) is 0 Å². The van der Waals surface area contributed by atoms with Gasteiger partial charge in [0, 0.05) is 12.6 Å². The number of hydrogen-bond acceptors (Lipinski definition) is 2. The van der Waals surface area contributed by atoms with Gasteiger partial charge in [0.05, 0.1) is 13.1 Å². The third-order valence-corrected chi connectivity index (χ3v) is 4.27. The summed E-state index contributed by atoms with van der Waals surface area (Å²) in [5.41, 5.74) is 2.41. The van der Waals surface area contributed by atoms with E-state index < -0.39 is 0 Å². The summed E-state index contributed by atoms with van der Waals surface area (Å²) in [6.45, 7) is 6.36. The van der Waals surface area contributed by atoms with Crippen LogP contribution in [0.2, 0.25) is 0 Å². The lowest BCUT2D eigenvalue weighted by Gasteiger charge is -2.13. The Balaban J connectivity index is 0.000000255. The third kappa shape index (κ3) is 8.79. The fraction of sp³-hybridized carbons (Fsp3) is 0.294. The van der Waals surface area contributed by atoms with Crippen molar-refractivity contribution in [3.63, 3.8) is 0 Å². The van der Waals surface area contributed by atoms with E-state index in [1.54, 1.807) is 12.1 Å². The first-order valence-electron chi connectivity index (χ1n) is 7.11. The molecule has 2 aromatic rings. The lowest BCUT2D eigenvalue weighted by Crippen LogP contribution is -2.22. The second kappa shape index (κ2) is 11.9. The zero-order chi connectivity index (χ0) is 16.2. The Hall–Kier alpha value is -0.550. The third-order valence-electron chi connectivity index (χ3n) is 3.02. The average molecular weight is 433 g/mol. The predicted molar refractivity (Wildman–Crippen MR) is 102 cm³/mol. The minimum Gasteiger partial charge on any atom is -0.350 e. The average Bonchev–Trinajstić information content (AvgIpc) is 2.55. The molecule has 2 nitrogen and oxygen atoms in total. The van der Waals surface area contributed by atoms with E-state index in [1.165, 1.54) is 17.7 Å². The lowest BCUT2D eigenvalue weighted by atomic mass is 10.1. The maximum atomic E-state index is 12.1. The van der Waals surface area contributed by atoms with Gasteiger partial charge in [0.2, 0.25) is 0 Å². The van der Waals surface area contributed by atoms with Crippen LogP contribution in [0.4, 0.5) is 4.39 Å². The minimum atomic E-state index is -0.171. The topological polar surface area (TPSA) is 21.3 Å². The molecular weight excluding hydrogens is 411 g/mol. The van der Waals surface area contributed by atoms with E-state index in [-0.39, 0.29) is 5.82 Å². The Morgan fingerprint density at radius 1 is 1.14 bits per heavy atom. The maximum Gasteiger partial charge on any atom is 0.123 e. The van der Waals surface area contributed by atoms with Crippen molar-refractivity contribution in [3.8, 4) is 0 Å². The molecule has 0 spiro atoms. The van der Waals surface area contributed by atoms with Gasteiger partial charge in [-0.2, -0.15) is 0 Å². The molecular formula is C17H22FINOP. The van der Waals surface area contributed by atoms with Crippen LogP contribution in [0.5, 0.6) is 0 Å². The fourth-order valence-electron chi connectivity index (χ4n) is 1.76. The predicted octanol–water partition coefficient (Wildman–Crippen LogP) is 5.43. The van der Waals surface area contributed by atoms with Crippen LogP contribution in [-0.2, 0) is 4.52 Å². The molecule has 0 saturated heterocycles. The van der Waals surface area contributed by atoms with Crippen molar-refractivity contribution in [2.75, 3.05) is 13.2 Å². The van der Waals surface area contributed by atoms with Gasteiger partial charge in [-0.25, -0.2) is 4.39 Å². The number of benzene rings is 2. The normalized spacial score (nSPS) is 12.0. The molecule has 1 N–H and O–H groups in total. The van der Waals surface area contributed by atoms with Crippen molar-refractivity contribution in [1.82, 2.24) is 5.32 Å². The van der Waals surface area contributed by atoms with E-state index >= 15 is 0 Å². The van der Waals surface area contributed by atoms with Crippen molar-refractivity contribution < 1.29 is 8.91 Å². The van der Waals surface area contributed by atoms with Crippen molar-refractivity contribution in [3.05, 3.63) is 71.5 Å². The van der Waals surface area contributed by atoms with Crippen LogP contribution in [0.15, 0.2) is 54.6 Å². The van der Waals surface area contributed by atoms with Crippen LogP contribution < -0.4 is 5.32 Å². The smallest absolute Gasteiger partial charge is 0.123 e. The summed E-state index contributed by atoms with van der Waals surface area (Å²) in [6.07, 6.45) is 0. The maximum absolute atomic E-state index is 12.1. The van der Waals surface area contributed by atoms with Gasteiger partial charge in [0.1, 0.15) is 5.82 Å². The highest BCUT2D eigenvalue weighted by atomic mass is 127. The number of rotatable bonds is 6. The molecule has 22 heavy (non-hydrogen) atoms. The van der Waals surface area contributed by atoms with Gasteiger partial charge in [0.15, 0.2) is 0 Å². The molecule has 0 bridgehead atoms. The highest BCUT2D eigenvalue weighted by Gasteiger charge is 2.02. The molecule has 5 heteroatoms. The first kappa shape index (κ1) is 19.5. The highest BCUT2D eigenvalue weighted by molar-refractivity contribution is 14.2. The van der Waals surface area contributed by atoms with E-state index in [0.29, 0.717) is 12.5 Å². The Bertz CT molecular complexity index is 489. The summed E-state index contributed by atoms with van der Waals surface area (Å²) in [7, 11) is 0. The quantitative estimate of drug-likeness (QED) is 0.373. The van der Waals surface area contributed by atoms with Gasteiger partial charge in [-0.1, -0.05) is 48.0 Å². The summed E-state index contributed by atoms with van der Waals surface area (Å²) in [6, 6.07) is 17.2. The first-order chi connectivity index (χ1) is 10.6. The largest absolute Gasteiger partial charge is 0.350 e. The highest BCUT2D eigenvalue weighted by Crippen LogP contribution is 2.20. The molecule has 0 saturated carbocycles. The van der Waals surface area contributed by atoms with E-state index in [1.807, 2.05) is 13.0 Å². The van der Waals surface area contributed by atoms with Crippen molar-refractivity contribution in [1.29, 1.82) is 0 Å². The van der Waals surface area contributed by atoms with Crippen LogP contribution in [0.1, 0.15) is 24.1 Å². The van der Waals surface area contributed by atoms with Gasteiger partial charge in [-0.05, 0) is 53.6 Å². The molecule has 0 aromatic heterocycles. The first-order valence-corrected chi connectivity index (χ1v) is 11.1. The molecule has 0 amide bonds. The van der Waals surface area contributed by atoms with Gasteiger partial charge in [-0.3, -0.25) is 0 Å². The zero-order valence-corrected chi connectivity index (χ0v) is 16.0. The van der Waals surface area contributed by atoms with Crippen LogP contribution in [0, 0.1) is 12.7 Å². The number of halogens is 2. The van der Waals surface area contributed by atoms with Crippen LogP contribution >= 0.6 is 28.5 Å². The monoisotopic (exact) mass is 433 g/mol. The molecule has 0 aliphatic carbocycles. The summed E-state index contributed by atoms with van der Waals surface area (Å²) < 4.78 is 17.4. The Morgan fingerprint density at radius 3 is 2.32 bits per heavy atom. The summed E-state index contributed by atoms with van der Waals surface area (Å²) in [5.74, 6) is -0.171. The summed E-state index contributed by atoms with van der Waals surface area (Å²) in [5, 5.41) is 3.41. The molecule has 0 radical (unpaired) electrons. The second-order valence-corrected chi connectivity index (χ2v) is 6.57. The number of nitrogens with one attached hydrogen (secondary N) is 1. The van der Waals surface area contributed by atoms with Crippen LogP contribution in [-0.4, -0.2) is 13.2 Å². The van der Waals surface area contributed by atoms with Crippen molar-refractivity contribution >= 4 is 28.5 Å². The van der Waals surface area contributed by atoms with E-state index in [9.17, 15) is 4.39 Å². The van der Waals surface area contributed by atoms with Gasteiger partial charge >= 0.3 is 0 Å².